The number of unbranched alkanes of at least 4 members (excludes halogenated alkanes) is 2. The number of hydrogen-bond donors (Lipinski definition) is 3. The predicted octanol–water partition coefficient (Wildman–Crippen LogP) is 1.23. The number of carbonyl (C=O) groups excluding carboxylic acids is 1. The minimum Gasteiger partial charge on any atom is -0.396 e. The summed E-state index contributed by atoms with van der Waals surface area (Å²) in [6.07, 6.45) is 4.08. The largest absolute Gasteiger partial charge is 0.396 e. The maximum Gasteiger partial charge on any atom is 0.236 e. The first kappa shape index (κ1) is 15.7. The zero-order valence-corrected chi connectivity index (χ0v) is 11.3. The van der Waals surface area contributed by atoms with Gasteiger partial charge in [-0.2, -0.15) is 0 Å². The Morgan fingerprint density at radius 1 is 1.21 bits per heavy atom. The molecule has 1 unspecified atom stereocenters. The molecule has 0 bridgehead atoms. The van der Waals surface area contributed by atoms with Gasteiger partial charge in [-0.3, -0.25) is 4.79 Å². The van der Waals surface area contributed by atoms with E-state index in [1.165, 1.54) is 5.56 Å². The summed E-state index contributed by atoms with van der Waals surface area (Å²) in [6, 6.07) is 9.59. The Bertz CT molecular complexity index is 354. The van der Waals surface area contributed by atoms with Crippen molar-refractivity contribution in [1.82, 2.24) is 5.32 Å². The minimum atomic E-state index is -0.446. The second-order valence-electron chi connectivity index (χ2n) is 4.71. The zero-order chi connectivity index (χ0) is 13.9. The smallest absolute Gasteiger partial charge is 0.236 e. The molecule has 106 valence electrons. The van der Waals surface area contributed by atoms with Gasteiger partial charge in [0.05, 0.1) is 6.04 Å². The van der Waals surface area contributed by atoms with Gasteiger partial charge in [0.1, 0.15) is 0 Å². The number of nitrogens with one attached hydrogen (secondary N) is 1. The molecule has 0 aromatic heterocycles. The summed E-state index contributed by atoms with van der Waals surface area (Å²) in [5, 5.41) is 11.5. The fraction of sp³-hybridized carbons (Fsp3) is 0.533. The first-order valence-electron chi connectivity index (χ1n) is 6.92. The summed E-state index contributed by atoms with van der Waals surface area (Å²) in [5.41, 5.74) is 7.06. The predicted molar refractivity (Wildman–Crippen MR) is 76.7 cm³/mol. The standard InChI is InChI=1S/C15H24N2O2/c16-14(10-9-13-7-3-1-4-8-13)15(19)17-11-5-2-6-12-18/h1,3-4,7-8,14,18H,2,5-6,9-12,16H2,(H,17,19). The fourth-order valence-corrected chi connectivity index (χ4v) is 1.85. The third-order valence-corrected chi connectivity index (χ3v) is 3.06. The highest BCUT2D eigenvalue weighted by atomic mass is 16.2. The minimum absolute atomic E-state index is 0.0834. The second-order valence-corrected chi connectivity index (χ2v) is 4.71. The van der Waals surface area contributed by atoms with E-state index in [-0.39, 0.29) is 12.5 Å². The number of hydrogen-bond acceptors (Lipinski definition) is 3. The molecule has 1 aromatic carbocycles. The highest BCUT2D eigenvalue weighted by molar-refractivity contribution is 5.81. The quantitative estimate of drug-likeness (QED) is 0.587. The SMILES string of the molecule is NC(CCc1ccccc1)C(=O)NCCCCCO. The van der Waals surface area contributed by atoms with Crippen LogP contribution in [0.4, 0.5) is 0 Å². The Labute approximate surface area is 115 Å². The zero-order valence-electron chi connectivity index (χ0n) is 11.3. The summed E-state index contributed by atoms with van der Waals surface area (Å²) in [7, 11) is 0. The van der Waals surface area contributed by atoms with Gasteiger partial charge in [-0.05, 0) is 37.7 Å². The summed E-state index contributed by atoms with van der Waals surface area (Å²) in [4.78, 5) is 11.7. The number of aryl methyl sites for hydroxylation is 1. The Morgan fingerprint density at radius 2 is 1.95 bits per heavy atom. The molecule has 0 aliphatic carbocycles. The van der Waals surface area contributed by atoms with Gasteiger partial charge in [0.2, 0.25) is 5.91 Å². The van der Waals surface area contributed by atoms with Crippen molar-refractivity contribution in [1.29, 1.82) is 0 Å². The van der Waals surface area contributed by atoms with Gasteiger partial charge in [0.15, 0.2) is 0 Å². The lowest BCUT2D eigenvalue weighted by Crippen LogP contribution is -2.41. The van der Waals surface area contributed by atoms with Crippen molar-refractivity contribution in [3.8, 4) is 0 Å². The molecule has 19 heavy (non-hydrogen) atoms. The first-order valence-corrected chi connectivity index (χ1v) is 6.92. The van der Waals surface area contributed by atoms with E-state index in [4.69, 9.17) is 10.8 Å². The van der Waals surface area contributed by atoms with Crippen LogP contribution in [-0.4, -0.2) is 30.2 Å². The van der Waals surface area contributed by atoms with Crippen LogP contribution < -0.4 is 11.1 Å². The van der Waals surface area contributed by atoms with Crippen molar-refractivity contribution in [2.75, 3.05) is 13.2 Å². The van der Waals surface area contributed by atoms with E-state index < -0.39 is 6.04 Å². The van der Waals surface area contributed by atoms with Crippen molar-refractivity contribution in [2.45, 2.75) is 38.1 Å². The Balaban J connectivity index is 2.14. The monoisotopic (exact) mass is 264 g/mol. The van der Waals surface area contributed by atoms with Gasteiger partial charge >= 0.3 is 0 Å². The van der Waals surface area contributed by atoms with E-state index in [0.29, 0.717) is 13.0 Å². The van der Waals surface area contributed by atoms with E-state index in [9.17, 15) is 4.79 Å². The van der Waals surface area contributed by atoms with Crippen LogP contribution in [0.3, 0.4) is 0 Å². The average molecular weight is 264 g/mol. The molecule has 0 spiro atoms. The van der Waals surface area contributed by atoms with Crippen molar-refractivity contribution >= 4 is 5.91 Å². The van der Waals surface area contributed by atoms with Gasteiger partial charge < -0.3 is 16.2 Å². The van der Waals surface area contributed by atoms with Crippen molar-refractivity contribution in [3.63, 3.8) is 0 Å². The lowest BCUT2D eigenvalue weighted by molar-refractivity contribution is -0.122. The van der Waals surface area contributed by atoms with Crippen LogP contribution in [0.5, 0.6) is 0 Å². The molecule has 1 atom stereocenters. The lowest BCUT2D eigenvalue weighted by Gasteiger charge is -2.12. The Morgan fingerprint density at radius 3 is 2.63 bits per heavy atom. The van der Waals surface area contributed by atoms with Crippen LogP contribution in [0.25, 0.3) is 0 Å². The molecule has 1 rings (SSSR count). The first-order chi connectivity index (χ1) is 9.24. The molecule has 0 saturated heterocycles. The van der Waals surface area contributed by atoms with Crippen LogP contribution in [0.1, 0.15) is 31.2 Å². The number of aliphatic hydroxyl groups excluding tert-OH is 1. The molecule has 1 aromatic rings. The van der Waals surface area contributed by atoms with Crippen LogP contribution in [0, 0.1) is 0 Å². The van der Waals surface area contributed by atoms with Gasteiger partial charge in [0, 0.05) is 13.2 Å². The van der Waals surface area contributed by atoms with E-state index >= 15 is 0 Å². The summed E-state index contributed by atoms with van der Waals surface area (Å²) in [5.74, 6) is -0.0834. The van der Waals surface area contributed by atoms with Gasteiger partial charge in [-0.15, -0.1) is 0 Å². The lowest BCUT2D eigenvalue weighted by atomic mass is 10.1. The maximum atomic E-state index is 11.7. The van der Waals surface area contributed by atoms with Crippen molar-refractivity contribution < 1.29 is 9.90 Å². The van der Waals surface area contributed by atoms with Crippen LogP contribution in [-0.2, 0) is 11.2 Å². The third-order valence-electron chi connectivity index (χ3n) is 3.06. The topological polar surface area (TPSA) is 75.4 Å². The molecule has 0 aliphatic heterocycles. The molecule has 0 radical (unpaired) electrons. The molecule has 1 amide bonds. The summed E-state index contributed by atoms with van der Waals surface area (Å²) in [6.45, 7) is 0.850. The van der Waals surface area contributed by atoms with Crippen LogP contribution in [0.15, 0.2) is 30.3 Å². The highest BCUT2D eigenvalue weighted by Gasteiger charge is 2.12. The Kier molecular flexibility index (Phi) is 7.86. The highest BCUT2D eigenvalue weighted by Crippen LogP contribution is 2.04. The van der Waals surface area contributed by atoms with Crippen LogP contribution >= 0.6 is 0 Å². The molecule has 0 aliphatic rings. The van der Waals surface area contributed by atoms with Gasteiger partial charge in [-0.1, -0.05) is 30.3 Å². The van der Waals surface area contributed by atoms with E-state index in [0.717, 1.165) is 25.7 Å². The molecule has 4 nitrogen and oxygen atoms in total. The fourth-order valence-electron chi connectivity index (χ4n) is 1.85. The van der Waals surface area contributed by atoms with Crippen molar-refractivity contribution in [3.05, 3.63) is 35.9 Å². The van der Waals surface area contributed by atoms with Crippen molar-refractivity contribution in [2.24, 2.45) is 5.73 Å². The van der Waals surface area contributed by atoms with Gasteiger partial charge in [0.25, 0.3) is 0 Å². The normalized spacial score (nSPS) is 12.1. The molecular weight excluding hydrogens is 240 g/mol. The number of carbonyl (C=O) groups is 1. The third kappa shape index (κ3) is 6.94. The summed E-state index contributed by atoms with van der Waals surface area (Å²) < 4.78 is 0. The van der Waals surface area contributed by atoms with E-state index in [1.807, 2.05) is 30.3 Å². The number of benzene rings is 1. The number of nitrogens with two attached hydrogens (primary N) is 1. The average Bonchev–Trinajstić information content (AvgIpc) is 2.45. The number of rotatable bonds is 9. The molecule has 0 heterocycles. The summed E-state index contributed by atoms with van der Waals surface area (Å²) >= 11 is 0. The molecule has 4 N–H and O–H groups in total. The molecule has 4 heteroatoms. The maximum absolute atomic E-state index is 11.7. The van der Waals surface area contributed by atoms with Crippen LogP contribution in [0.2, 0.25) is 0 Å². The van der Waals surface area contributed by atoms with E-state index in [2.05, 4.69) is 5.32 Å². The van der Waals surface area contributed by atoms with Gasteiger partial charge in [-0.25, -0.2) is 0 Å². The number of aliphatic hydroxyl groups is 1. The van der Waals surface area contributed by atoms with E-state index in [1.54, 1.807) is 0 Å². The molecule has 0 saturated carbocycles. The number of amides is 1. The second kappa shape index (κ2) is 9.53. The molecular formula is C15H24N2O2. The molecule has 0 fully saturated rings. The Hall–Kier alpha value is -1.39.